The maximum absolute atomic E-state index is 12.7. The minimum absolute atomic E-state index is 0.109. The number of aliphatic hydroxyl groups is 1. The molecule has 1 aliphatic heterocycles. The molecular weight excluding hydrogens is 332 g/mol. The number of aliphatic hydroxyl groups excluding tert-OH is 1. The first-order valence-corrected chi connectivity index (χ1v) is 8.38. The van der Waals surface area contributed by atoms with Crippen molar-refractivity contribution >= 4 is 11.7 Å². The summed E-state index contributed by atoms with van der Waals surface area (Å²) in [7, 11) is 1.53. The number of amides is 1. The van der Waals surface area contributed by atoms with Crippen molar-refractivity contribution in [2.75, 3.05) is 7.11 Å². The maximum Gasteiger partial charge on any atom is 0.290 e. The second-order valence-electron chi connectivity index (χ2n) is 5.94. The second-order valence-corrected chi connectivity index (χ2v) is 5.94. The zero-order valence-corrected chi connectivity index (χ0v) is 14.7. The zero-order chi connectivity index (χ0) is 18.7. The van der Waals surface area contributed by atoms with E-state index in [2.05, 4.69) is 4.98 Å². The fourth-order valence-corrected chi connectivity index (χ4v) is 3.17. The lowest BCUT2D eigenvalue weighted by Gasteiger charge is -2.27. The third-order valence-corrected chi connectivity index (χ3v) is 4.42. The highest BCUT2D eigenvalue weighted by Gasteiger charge is 2.44. The molecule has 0 radical (unpaired) electrons. The van der Waals surface area contributed by atoms with Gasteiger partial charge in [-0.2, -0.15) is 0 Å². The van der Waals surface area contributed by atoms with Gasteiger partial charge in [-0.3, -0.25) is 14.6 Å². The van der Waals surface area contributed by atoms with Gasteiger partial charge in [0.05, 0.1) is 31.0 Å². The molecule has 0 fully saturated rings. The molecule has 26 heavy (non-hydrogen) atoms. The second kappa shape index (κ2) is 7.39. The van der Waals surface area contributed by atoms with E-state index in [0.29, 0.717) is 17.0 Å². The number of hydrogen-bond acceptors (Lipinski definition) is 5. The Bertz CT molecular complexity index is 861. The van der Waals surface area contributed by atoms with Crippen molar-refractivity contribution in [3.05, 3.63) is 71.3 Å². The van der Waals surface area contributed by atoms with Crippen LogP contribution in [0.3, 0.4) is 0 Å². The van der Waals surface area contributed by atoms with Crippen LogP contribution in [0, 0.1) is 0 Å². The number of para-hydroxylation sites is 1. The largest absolute Gasteiger partial charge is 0.503 e. The van der Waals surface area contributed by atoms with Gasteiger partial charge in [0.2, 0.25) is 0 Å². The van der Waals surface area contributed by atoms with Crippen LogP contribution >= 0.6 is 0 Å². The van der Waals surface area contributed by atoms with Crippen LogP contribution in [0.5, 0.6) is 5.75 Å². The van der Waals surface area contributed by atoms with Gasteiger partial charge in [-0.25, -0.2) is 0 Å². The van der Waals surface area contributed by atoms with Crippen molar-refractivity contribution in [1.82, 2.24) is 9.88 Å². The van der Waals surface area contributed by atoms with E-state index in [1.54, 1.807) is 37.4 Å². The van der Waals surface area contributed by atoms with Crippen molar-refractivity contribution in [3.8, 4) is 5.75 Å². The minimum atomic E-state index is -0.715. The van der Waals surface area contributed by atoms with Gasteiger partial charge in [0, 0.05) is 18.2 Å². The summed E-state index contributed by atoms with van der Waals surface area (Å²) >= 11 is 0. The van der Waals surface area contributed by atoms with Crippen LogP contribution in [0.15, 0.2) is 60.0 Å². The first-order chi connectivity index (χ1) is 12.6. The molecule has 1 aliphatic rings. The van der Waals surface area contributed by atoms with Crippen molar-refractivity contribution in [3.63, 3.8) is 0 Å². The molecule has 1 unspecified atom stereocenters. The topological polar surface area (TPSA) is 79.7 Å². The monoisotopic (exact) mass is 352 g/mol. The van der Waals surface area contributed by atoms with Crippen molar-refractivity contribution in [1.29, 1.82) is 0 Å². The van der Waals surface area contributed by atoms with E-state index >= 15 is 0 Å². The number of nitrogens with zero attached hydrogens (tertiary/aromatic N) is 2. The van der Waals surface area contributed by atoms with E-state index in [1.807, 2.05) is 18.2 Å². The van der Waals surface area contributed by atoms with E-state index in [-0.39, 0.29) is 24.3 Å². The molecule has 3 rings (SSSR count). The molecule has 134 valence electrons. The molecule has 0 aliphatic carbocycles. The first kappa shape index (κ1) is 17.7. The number of methoxy groups -OCH3 is 1. The number of carbonyl (C=O) groups excluding carboxylic acids is 2. The summed E-state index contributed by atoms with van der Waals surface area (Å²) in [5.41, 5.74) is 1.43. The molecule has 6 heteroatoms. The van der Waals surface area contributed by atoms with Gasteiger partial charge in [0.15, 0.2) is 11.5 Å². The average Bonchev–Trinajstić information content (AvgIpc) is 2.93. The number of hydrogen-bond donors (Lipinski definition) is 1. The molecule has 0 bridgehead atoms. The predicted molar refractivity (Wildman–Crippen MR) is 95.5 cm³/mol. The molecule has 0 saturated heterocycles. The van der Waals surface area contributed by atoms with Gasteiger partial charge in [0.1, 0.15) is 5.75 Å². The van der Waals surface area contributed by atoms with Crippen LogP contribution in [-0.2, 0) is 16.1 Å². The quantitative estimate of drug-likeness (QED) is 0.864. The number of rotatable bonds is 6. The molecule has 1 aromatic carbocycles. The highest BCUT2D eigenvalue weighted by atomic mass is 16.5. The number of aromatic nitrogens is 1. The summed E-state index contributed by atoms with van der Waals surface area (Å²) in [6.45, 7) is 1.88. The van der Waals surface area contributed by atoms with E-state index in [9.17, 15) is 14.7 Å². The van der Waals surface area contributed by atoms with E-state index in [0.717, 1.165) is 0 Å². The Morgan fingerprint density at radius 3 is 2.62 bits per heavy atom. The molecular formula is C20H20N2O4. The van der Waals surface area contributed by atoms with E-state index < -0.39 is 17.7 Å². The normalized spacial score (nSPS) is 16.9. The number of pyridine rings is 1. The fourth-order valence-electron chi connectivity index (χ4n) is 3.17. The molecule has 0 spiro atoms. The number of Topliss-reactive ketones (excluding diaryl/α,β-unsaturated/α-hetero) is 1. The Hall–Kier alpha value is -3.15. The van der Waals surface area contributed by atoms with Crippen LogP contribution in [-0.4, -0.2) is 33.8 Å². The van der Waals surface area contributed by atoms with E-state index in [4.69, 9.17) is 4.74 Å². The van der Waals surface area contributed by atoms with Crippen LogP contribution in [0.2, 0.25) is 0 Å². The summed E-state index contributed by atoms with van der Waals surface area (Å²) in [5.74, 6) is -0.797. The highest BCUT2D eigenvalue weighted by molar-refractivity contribution is 6.08. The molecule has 1 atom stereocenters. The lowest BCUT2D eigenvalue weighted by molar-refractivity contribution is -0.130. The lowest BCUT2D eigenvalue weighted by Crippen LogP contribution is -2.31. The van der Waals surface area contributed by atoms with Crippen LogP contribution < -0.4 is 4.74 Å². The van der Waals surface area contributed by atoms with Crippen LogP contribution in [0.1, 0.15) is 30.6 Å². The SMILES string of the molecule is CCC(=O)C1=C(O)C(=O)N(Cc2ccccn2)C1c1ccccc1OC. The summed E-state index contributed by atoms with van der Waals surface area (Å²) < 4.78 is 5.42. The number of carbonyl (C=O) groups is 2. The Labute approximate surface area is 151 Å². The van der Waals surface area contributed by atoms with Crippen molar-refractivity contribution < 1.29 is 19.4 Å². The summed E-state index contributed by atoms with van der Waals surface area (Å²) in [6.07, 6.45) is 1.83. The fraction of sp³-hybridized carbons (Fsp3) is 0.250. The number of benzene rings is 1. The molecule has 6 nitrogen and oxygen atoms in total. The highest BCUT2D eigenvalue weighted by Crippen LogP contribution is 2.42. The van der Waals surface area contributed by atoms with Gasteiger partial charge in [-0.1, -0.05) is 31.2 Å². The molecule has 2 heterocycles. The number of ether oxygens (including phenoxy) is 1. The smallest absolute Gasteiger partial charge is 0.290 e. The third kappa shape index (κ3) is 3.06. The van der Waals surface area contributed by atoms with Gasteiger partial charge in [0.25, 0.3) is 5.91 Å². The van der Waals surface area contributed by atoms with Crippen molar-refractivity contribution in [2.24, 2.45) is 0 Å². The summed E-state index contributed by atoms with van der Waals surface area (Å²) in [5, 5.41) is 10.4. The van der Waals surface area contributed by atoms with Gasteiger partial charge < -0.3 is 14.7 Å². The Morgan fingerprint density at radius 1 is 1.23 bits per heavy atom. The van der Waals surface area contributed by atoms with Gasteiger partial charge >= 0.3 is 0 Å². The molecule has 1 N–H and O–H groups in total. The summed E-state index contributed by atoms with van der Waals surface area (Å²) in [6, 6.07) is 11.9. The van der Waals surface area contributed by atoms with Crippen molar-refractivity contribution in [2.45, 2.75) is 25.9 Å². The number of ketones is 1. The van der Waals surface area contributed by atoms with Gasteiger partial charge in [-0.05, 0) is 18.2 Å². The Kier molecular flexibility index (Phi) is 5.02. The molecule has 0 saturated carbocycles. The minimum Gasteiger partial charge on any atom is -0.503 e. The average molecular weight is 352 g/mol. The predicted octanol–water partition coefficient (Wildman–Crippen LogP) is 2.96. The molecule has 1 aromatic heterocycles. The lowest BCUT2D eigenvalue weighted by atomic mass is 9.94. The van der Waals surface area contributed by atoms with Crippen LogP contribution in [0.4, 0.5) is 0 Å². The zero-order valence-electron chi connectivity index (χ0n) is 14.7. The van der Waals surface area contributed by atoms with E-state index in [1.165, 1.54) is 12.0 Å². The summed E-state index contributed by atoms with van der Waals surface area (Å²) in [4.78, 5) is 30.9. The molecule has 2 aromatic rings. The molecule has 1 amide bonds. The van der Waals surface area contributed by atoms with Gasteiger partial charge in [-0.15, -0.1) is 0 Å². The standard InChI is InChI=1S/C20H20N2O4/c1-3-15(23)17-18(14-9-4-5-10-16(14)26-2)22(20(25)19(17)24)12-13-8-6-7-11-21-13/h4-11,18,24H,3,12H2,1-2H3. The maximum atomic E-state index is 12.7. The third-order valence-electron chi connectivity index (χ3n) is 4.42. The Morgan fingerprint density at radius 2 is 1.96 bits per heavy atom. The van der Waals surface area contributed by atoms with Crippen LogP contribution in [0.25, 0.3) is 0 Å². The first-order valence-electron chi connectivity index (χ1n) is 8.38. The Balaban J connectivity index is 2.11.